The Bertz CT molecular complexity index is 647. The molecule has 6 nitrogen and oxygen atoms in total. The number of hydrogen-bond donors (Lipinski definition) is 1. The monoisotopic (exact) mass is 400 g/mol. The molecular formula is C14H13IN2O4. The first-order valence-corrected chi connectivity index (χ1v) is 7.03. The molecule has 0 bridgehead atoms. The van der Waals surface area contributed by atoms with E-state index < -0.39 is 11.9 Å². The van der Waals surface area contributed by atoms with Gasteiger partial charge in [-0.05, 0) is 53.3 Å². The van der Waals surface area contributed by atoms with E-state index in [-0.39, 0.29) is 5.57 Å². The van der Waals surface area contributed by atoms with Crippen molar-refractivity contribution in [2.24, 2.45) is 5.73 Å². The summed E-state index contributed by atoms with van der Waals surface area (Å²) in [5.74, 6) is -0.617. The smallest absolute Gasteiger partial charge is 0.308 e. The molecule has 0 aliphatic rings. The largest absolute Gasteiger partial charge is 0.490 e. The molecule has 0 aliphatic carbocycles. The van der Waals surface area contributed by atoms with Gasteiger partial charge in [-0.1, -0.05) is 0 Å². The molecule has 7 heteroatoms. The molecule has 0 aromatic heterocycles. The Balaban J connectivity index is 3.36. The summed E-state index contributed by atoms with van der Waals surface area (Å²) in [7, 11) is 0. The molecule has 1 aromatic rings. The number of primary amides is 1. The number of amides is 1. The Labute approximate surface area is 135 Å². The number of hydrogen-bond acceptors (Lipinski definition) is 5. The minimum atomic E-state index is -0.811. The van der Waals surface area contributed by atoms with Gasteiger partial charge in [0, 0.05) is 6.92 Å². The number of benzene rings is 1. The van der Waals surface area contributed by atoms with Gasteiger partial charge in [0.05, 0.1) is 10.2 Å². The van der Waals surface area contributed by atoms with Gasteiger partial charge >= 0.3 is 5.97 Å². The van der Waals surface area contributed by atoms with Gasteiger partial charge in [0.1, 0.15) is 11.6 Å². The highest BCUT2D eigenvalue weighted by atomic mass is 127. The third kappa shape index (κ3) is 4.75. The molecule has 0 spiro atoms. The van der Waals surface area contributed by atoms with Crippen LogP contribution >= 0.6 is 22.6 Å². The highest BCUT2D eigenvalue weighted by Gasteiger charge is 2.14. The van der Waals surface area contributed by atoms with Crippen molar-refractivity contribution in [3.63, 3.8) is 0 Å². The van der Waals surface area contributed by atoms with E-state index >= 15 is 0 Å². The Morgan fingerprint density at radius 2 is 2.14 bits per heavy atom. The first-order valence-electron chi connectivity index (χ1n) is 5.95. The van der Waals surface area contributed by atoms with Crippen molar-refractivity contribution >= 4 is 40.5 Å². The van der Waals surface area contributed by atoms with Gasteiger partial charge < -0.3 is 15.2 Å². The lowest BCUT2D eigenvalue weighted by molar-refractivity contribution is -0.132. The van der Waals surface area contributed by atoms with Gasteiger partial charge in [-0.2, -0.15) is 5.26 Å². The normalized spacial score (nSPS) is 10.7. The third-order valence-electron chi connectivity index (χ3n) is 2.27. The van der Waals surface area contributed by atoms with Crippen LogP contribution in [0.1, 0.15) is 19.4 Å². The Morgan fingerprint density at radius 3 is 2.62 bits per heavy atom. The lowest BCUT2D eigenvalue weighted by atomic mass is 10.1. The SMILES string of the molecule is CCOc1cc(/C=C(\C#N)C(N)=O)cc(I)c1OC(C)=O. The fourth-order valence-corrected chi connectivity index (χ4v) is 2.24. The predicted molar refractivity (Wildman–Crippen MR) is 84.4 cm³/mol. The molecule has 21 heavy (non-hydrogen) atoms. The van der Waals surface area contributed by atoms with Crippen LogP contribution in [0, 0.1) is 14.9 Å². The zero-order valence-electron chi connectivity index (χ0n) is 11.5. The highest BCUT2D eigenvalue weighted by molar-refractivity contribution is 14.1. The van der Waals surface area contributed by atoms with Crippen LogP contribution in [0.3, 0.4) is 0 Å². The zero-order valence-corrected chi connectivity index (χ0v) is 13.6. The molecule has 1 aromatic carbocycles. The van der Waals surface area contributed by atoms with E-state index in [0.29, 0.717) is 27.2 Å². The number of halogens is 1. The van der Waals surface area contributed by atoms with Gasteiger partial charge in [-0.15, -0.1) is 0 Å². The Morgan fingerprint density at radius 1 is 1.48 bits per heavy atom. The molecule has 0 unspecified atom stereocenters. The van der Waals surface area contributed by atoms with E-state index in [1.54, 1.807) is 25.1 Å². The molecule has 1 amide bonds. The van der Waals surface area contributed by atoms with E-state index in [2.05, 4.69) is 0 Å². The standard InChI is InChI=1S/C14H13IN2O4/c1-3-20-12-6-9(4-10(7-16)14(17)19)5-11(15)13(12)21-8(2)18/h4-6H,3H2,1-2H3,(H2,17,19)/b10-4+. The van der Waals surface area contributed by atoms with E-state index in [9.17, 15) is 9.59 Å². The third-order valence-corrected chi connectivity index (χ3v) is 3.08. The summed E-state index contributed by atoms with van der Waals surface area (Å²) in [5.41, 5.74) is 5.47. The van der Waals surface area contributed by atoms with Crippen LogP contribution in [0.4, 0.5) is 0 Å². The minimum Gasteiger partial charge on any atom is -0.490 e. The van der Waals surface area contributed by atoms with Crippen LogP contribution in [0.5, 0.6) is 11.5 Å². The fourth-order valence-electron chi connectivity index (χ4n) is 1.50. The first-order chi connectivity index (χ1) is 9.88. The van der Waals surface area contributed by atoms with Crippen LogP contribution < -0.4 is 15.2 Å². The molecule has 0 atom stereocenters. The van der Waals surface area contributed by atoms with Gasteiger partial charge in [0.25, 0.3) is 5.91 Å². The predicted octanol–water partition coefficient (Wildman–Crippen LogP) is 2.01. The summed E-state index contributed by atoms with van der Waals surface area (Å²) < 4.78 is 11.2. The number of nitrogens with two attached hydrogens (primary N) is 1. The maximum absolute atomic E-state index is 11.1. The topological polar surface area (TPSA) is 102 Å². The maximum atomic E-state index is 11.1. The average Bonchev–Trinajstić information content (AvgIpc) is 2.39. The van der Waals surface area contributed by atoms with Crippen molar-refractivity contribution in [3.05, 3.63) is 26.8 Å². The maximum Gasteiger partial charge on any atom is 0.308 e. The molecular weight excluding hydrogens is 387 g/mol. The first kappa shape index (κ1) is 17.0. The van der Waals surface area contributed by atoms with Gasteiger partial charge in [-0.3, -0.25) is 9.59 Å². The molecule has 0 saturated carbocycles. The van der Waals surface area contributed by atoms with Crippen molar-refractivity contribution in [2.45, 2.75) is 13.8 Å². The fraction of sp³-hybridized carbons (Fsp3) is 0.214. The van der Waals surface area contributed by atoms with Crippen LogP contribution in [0.15, 0.2) is 17.7 Å². The Kier molecular flexibility index (Phi) is 6.17. The van der Waals surface area contributed by atoms with Crippen molar-refractivity contribution in [3.8, 4) is 17.6 Å². The Hall–Kier alpha value is -2.08. The molecule has 0 aliphatic heterocycles. The second-order valence-corrected chi connectivity index (χ2v) is 5.05. The van der Waals surface area contributed by atoms with Crippen LogP contribution in [-0.2, 0) is 9.59 Å². The number of ether oxygens (including phenoxy) is 2. The molecule has 0 heterocycles. The lowest BCUT2D eigenvalue weighted by Crippen LogP contribution is -2.12. The molecule has 2 N–H and O–H groups in total. The number of carbonyl (C=O) groups is 2. The van der Waals surface area contributed by atoms with Crippen molar-refractivity contribution in [1.82, 2.24) is 0 Å². The number of nitrogens with zero attached hydrogens (tertiary/aromatic N) is 1. The second kappa shape index (κ2) is 7.64. The van der Waals surface area contributed by atoms with Gasteiger partial charge in [0.15, 0.2) is 11.5 Å². The number of esters is 1. The van der Waals surface area contributed by atoms with Gasteiger partial charge in [0.2, 0.25) is 0 Å². The minimum absolute atomic E-state index is 0.173. The summed E-state index contributed by atoms with van der Waals surface area (Å²) in [6.45, 7) is 3.45. The number of nitriles is 1. The molecule has 1 rings (SSSR count). The van der Waals surface area contributed by atoms with Crippen LogP contribution in [-0.4, -0.2) is 18.5 Å². The summed E-state index contributed by atoms with van der Waals surface area (Å²) in [5, 5.41) is 8.85. The molecule has 0 saturated heterocycles. The summed E-state index contributed by atoms with van der Waals surface area (Å²) in [6.07, 6.45) is 1.35. The van der Waals surface area contributed by atoms with Crippen LogP contribution in [0.25, 0.3) is 6.08 Å². The quantitative estimate of drug-likeness (QED) is 0.268. The molecule has 0 fully saturated rings. The van der Waals surface area contributed by atoms with E-state index in [1.165, 1.54) is 13.0 Å². The van der Waals surface area contributed by atoms with E-state index in [4.69, 9.17) is 20.5 Å². The molecule has 0 radical (unpaired) electrons. The summed E-state index contributed by atoms with van der Waals surface area (Å²) >= 11 is 1.98. The number of rotatable bonds is 5. The van der Waals surface area contributed by atoms with Gasteiger partial charge in [-0.25, -0.2) is 0 Å². The van der Waals surface area contributed by atoms with Crippen LogP contribution in [0.2, 0.25) is 0 Å². The van der Waals surface area contributed by atoms with E-state index in [0.717, 1.165) is 0 Å². The molecule has 110 valence electrons. The average molecular weight is 400 g/mol. The second-order valence-electron chi connectivity index (χ2n) is 3.89. The highest BCUT2D eigenvalue weighted by Crippen LogP contribution is 2.35. The van der Waals surface area contributed by atoms with E-state index in [1.807, 2.05) is 22.6 Å². The number of carbonyl (C=O) groups excluding carboxylic acids is 2. The van der Waals surface area contributed by atoms with Crippen molar-refractivity contribution in [2.75, 3.05) is 6.61 Å². The summed E-state index contributed by atoms with van der Waals surface area (Å²) in [6, 6.07) is 4.95. The zero-order chi connectivity index (χ0) is 16.0. The van der Waals surface area contributed by atoms with Crippen molar-refractivity contribution in [1.29, 1.82) is 5.26 Å². The summed E-state index contributed by atoms with van der Waals surface area (Å²) in [4.78, 5) is 22.2. The van der Waals surface area contributed by atoms with Crippen molar-refractivity contribution < 1.29 is 19.1 Å². The lowest BCUT2D eigenvalue weighted by Gasteiger charge is -2.12.